The molecule has 3 heteroatoms. The van der Waals surface area contributed by atoms with Gasteiger partial charge in [0.25, 0.3) is 0 Å². The van der Waals surface area contributed by atoms with Crippen LogP contribution in [0.15, 0.2) is 42.5 Å². The number of aliphatic hydroxyl groups excluding tert-OH is 1. The van der Waals surface area contributed by atoms with Crippen LogP contribution in [0, 0.1) is 0 Å². The van der Waals surface area contributed by atoms with Gasteiger partial charge in [-0.15, -0.1) is 0 Å². The third-order valence-electron chi connectivity index (χ3n) is 3.62. The van der Waals surface area contributed by atoms with Crippen LogP contribution in [-0.2, 0) is 11.2 Å². The standard InChI is InChI=1S/C17H23NO2/c1-2-12-18-15(9-11-17(18)20)8-10-16(19)13-14-6-4-3-5-7-14/h3-8,10,15-16,19H,2,9,11-13H2,1H3/b10-8+/t15-,16?/m0/s1/i1D. The van der Waals surface area contributed by atoms with Crippen LogP contribution in [0.2, 0.25) is 0 Å². The molecule has 1 amide bonds. The van der Waals surface area contributed by atoms with Crippen molar-refractivity contribution in [3.8, 4) is 0 Å². The van der Waals surface area contributed by atoms with Crippen molar-refractivity contribution < 1.29 is 11.3 Å². The van der Waals surface area contributed by atoms with Crippen LogP contribution in [0.1, 0.15) is 33.1 Å². The molecule has 20 heavy (non-hydrogen) atoms. The normalized spacial score (nSPS) is 21.4. The summed E-state index contributed by atoms with van der Waals surface area (Å²) in [5.41, 5.74) is 1.10. The lowest BCUT2D eigenvalue weighted by atomic mass is 10.1. The van der Waals surface area contributed by atoms with E-state index in [4.69, 9.17) is 1.37 Å². The van der Waals surface area contributed by atoms with Gasteiger partial charge in [-0.1, -0.05) is 49.4 Å². The molecule has 1 heterocycles. The molecular formula is C17H23NO2. The number of likely N-dealkylation sites (tertiary alicyclic amines) is 1. The average Bonchev–Trinajstić information content (AvgIpc) is 2.84. The molecule has 0 aliphatic carbocycles. The maximum Gasteiger partial charge on any atom is 0.223 e. The molecule has 1 N–H and O–H groups in total. The van der Waals surface area contributed by atoms with Crippen molar-refractivity contribution in [1.82, 2.24) is 4.90 Å². The van der Waals surface area contributed by atoms with Crippen molar-refractivity contribution in [2.75, 3.05) is 6.54 Å². The Morgan fingerprint density at radius 1 is 1.50 bits per heavy atom. The Balaban J connectivity index is 1.88. The fourth-order valence-electron chi connectivity index (χ4n) is 2.60. The second-order valence-corrected chi connectivity index (χ2v) is 5.19. The van der Waals surface area contributed by atoms with Crippen molar-refractivity contribution in [2.24, 2.45) is 0 Å². The Bertz CT molecular complexity index is 475. The Hall–Kier alpha value is -1.61. The van der Waals surface area contributed by atoms with Crippen LogP contribution in [0.25, 0.3) is 0 Å². The highest BCUT2D eigenvalue weighted by Crippen LogP contribution is 2.20. The number of amides is 1. The third kappa shape index (κ3) is 3.94. The van der Waals surface area contributed by atoms with E-state index in [0.717, 1.165) is 12.0 Å². The number of aliphatic hydroxyl groups is 1. The van der Waals surface area contributed by atoms with Gasteiger partial charge in [-0.05, 0) is 18.4 Å². The van der Waals surface area contributed by atoms with E-state index in [1.54, 1.807) is 6.08 Å². The molecule has 0 aromatic heterocycles. The molecule has 108 valence electrons. The maximum absolute atomic E-state index is 11.8. The van der Waals surface area contributed by atoms with Gasteiger partial charge in [0.2, 0.25) is 5.91 Å². The summed E-state index contributed by atoms with van der Waals surface area (Å²) in [6, 6.07) is 9.95. The lowest BCUT2D eigenvalue weighted by Crippen LogP contribution is -2.32. The minimum absolute atomic E-state index is 0.0782. The smallest absolute Gasteiger partial charge is 0.223 e. The maximum atomic E-state index is 11.8. The van der Waals surface area contributed by atoms with Gasteiger partial charge < -0.3 is 10.0 Å². The Labute approximate surface area is 122 Å². The summed E-state index contributed by atoms with van der Waals surface area (Å²) in [6.45, 7) is 0.989. The first-order chi connectivity index (χ1) is 10.2. The molecular weight excluding hydrogens is 250 g/mol. The van der Waals surface area contributed by atoms with E-state index >= 15 is 0 Å². The van der Waals surface area contributed by atoms with Crippen molar-refractivity contribution in [2.45, 2.75) is 44.7 Å². The van der Waals surface area contributed by atoms with E-state index in [0.29, 0.717) is 32.7 Å². The van der Waals surface area contributed by atoms with Gasteiger partial charge in [-0.2, -0.15) is 0 Å². The largest absolute Gasteiger partial charge is 0.389 e. The Morgan fingerprint density at radius 2 is 2.30 bits per heavy atom. The fourth-order valence-corrected chi connectivity index (χ4v) is 2.60. The molecule has 0 saturated carbocycles. The number of benzene rings is 1. The lowest BCUT2D eigenvalue weighted by Gasteiger charge is -2.21. The van der Waals surface area contributed by atoms with Gasteiger partial charge in [-0.25, -0.2) is 0 Å². The van der Waals surface area contributed by atoms with Gasteiger partial charge in [0.15, 0.2) is 0 Å². The molecule has 1 aromatic rings. The number of rotatable bonds is 6. The topological polar surface area (TPSA) is 40.5 Å². The second-order valence-electron chi connectivity index (χ2n) is 5.19. The summed E-state index contributed by atoms with van der Waals surface area (Å²) in [7, 11) is 0. The Kier molecular flexibility index (Phi) is 4.85. The summed E-state index contributed by atoms with van der Waals surface area (Å²) < 4.78 is 7.20. The number of hydrogen-bond donors (Lipinski definition) is 1. The van der Waals surface area contributed by atoms with Gasteiger partial charge in [0, 0.05) is 20.8 Å². The van der Waals surface area contributed by atoms with Crippen LogP contribution in [0.3, 0.4) is 0 Å². The first kappa shape index (κ1) is 13.4. The lowest BCUT2D eigenvalue weighted by molar-refractivity contribution is -0.128. The summed E-state index contributed by atoms with van der Waals surface area (Å²) in [6.07, 6.45) is 5.90. The third-order valence-corrected chi connectivity index (χ3v) is 3.62. The molecule has 1 aliphatic rings. The second kappa shape index (κ2) is 7.25. The van der Waals surface area contributed by atoms with E-state index in [-0.39, 0.29) is 11.9 Å². The summed E-state index contributed by atoms with van der Waals surface area (Å²) in [5.74, 6) is 0.163. The quantitative estimate of drug-likeness (QED) is 0.810. The van der Waals surface area contributed by atoms with Crippen LogP contribution < -0.4 is 0 Å². The highest BCUT2D eigenvalue weighted by Gasteiger charge is 2.28. The van der Waals surface area contributed by atoms with E-state index in [1.807, 2.05) is 41.3 Å². The minimum Gasteiger partial charge on any atom is -0.389 e. The van der Waals surface area contributed by atoms with E-state index in [1.165, 1.54) is 0 Å². The first-order valence-electron chi connectivity index (χ1n) is 7.90. The van der Waals surface area contributed by atoms with Crippen molar-refractivity contribution >= 4 is 5.91 Å². The van der Waals surface area contributed by atoms with E-state index < -0.39 is 6.10 Å². The fraction of sp³-hybridized carbons (Fsp3) is 0.471. The Morgan fingerprint density at radius 3 is 3.05 bits per heavy atom. The van der Waals surface area contributed by atoms with Gasteiger partial charge in [-0.3, -0.25) is 4.79 Å². The predicted octanol–water partition coefficient (Wildman–Crippen LogP) is 2.55. The molecule has 1 saturated heterocycles. The van der Waals surface area contributed by atoms with Crippen molar-refractivity contribution in [3.63, 3.8) is 0 Å². The number of carbonyl (C=O) groups is 1. The summed E-state index contributed by atoms with van der Waals surface area (Å²) in [4.78, 5) is 13.6. The zero-order chi connectivity index (χ0) is 15.1. The molecule has 1 aromatic carbocycles. The molecule has 1 unspecified atom stereocenters. The monoisotopic (exact) mass is 274 g/mol. The highest BCUT2D eigenvalue weighted by atomic mass is 16.3. The van der Waals surface area contributed by atoms with Crippen LogP contribution in [0.5, 0.6) is 0 Å². The molecule has 3 nitrogen and oxygen atoms in total. The van der Waals surface area contributed by atoms with Crippen LogP contribution in [-0.4, -0.2) is 34.6 Å². The SMILES string of the molecule is [2H]CCCN1C(=O)CC[C@@H]1/C=C/C(O)Cc1ccccc1. The summed E-state index contributed by atoms with van der Waals surface area (Å²) >= 11 is 0. The highest BCUT2D eigenvalue weighted by molar-refractivity contribution is 5.79. The zero-order valence-corrected chi connectivity index (χ0v) is 11.7. The molecule has 2 atom stereocenters. The molecule has 2 rings (SSSR count). The first-order valence-corrected chi connectivity index (χ1v) is 7.19. The minimum atomic E-state index is -0.527. The van der Waals surface area contributed by atoms with Gasteiger partial charge in [0.05, 0.1) is 12.1 Å². The zero-order valence-electron chi connectivity index (χ0n) is 12.7. The van der Waals surface area contributed by atoms with Crippen LogP contribution >= 0.6 is 0 Å². The molecule has 1 fully saturated rings. The van der Waals surface area contributed by atoms with Crippen LogP contribution in [0.4, 0.5) is 0 Å². The number of hydrogen-bond acceptors (Lipinski definition) is 2. The summed E-state index contributed by atoms with van der Waals surface area (Å²) in [5, 5.41) is 10.1. The van der Waals surface area contributed by atoms with Crippen molar-refractivity contribution in [3.05, 3.63) is 48.0 Å². The molecule has 0 spiro atoms. The van der Waals surface area contributed by atoms with Crippen molar-refractivity contribution in [1.29, 1.82) is 0 Å². The number of carbonyl (C=O) groups excluding carboxylic acids is 1. The van der Waals surface area contributed by atoms with Gasteiger partial charge >= 0.3 is 0 Å². The molecule has 0 bridgehead atoms. The molecule has 0 radical (unpaired) electrons. The van der Waals surface area contributed by atoms with E-state index in [9.17, 15) is 9.90 Å². The average molecular weight is 274 g/mol. The predicted molar refractivity (Wildman–Crippen MR) is 80.3 cm³/mol. The molecule has 1 aliphatic heterocycles. The van der Waals surface area contributed by atoms with Gasteiger partial charge in [0.1, 0.15) is 0 Å². The van der Waals surface area contributed by atoms with E-state index in [2.05, 4.69) is 0 Å². The number of nitrogens with zero attached hydrogens (tertiary/aromatic N) is 1.